The van der Waals surface area contributed by atoms with E-state index in [0.717, 1.165) is 23.3 Å². The predicted molar refractivity (Wildman–Crippen MR) is 103 cm³/mol. The molecule has 7 heteroatoms. The van der Waals surface area contributed by atoms with Crippen molar-refractivity contribution in [1.29, 1.82) is 0 Å². The van der Waals surface area contributed by atoms with Gasteiger partial charge in [-0.3, -0.25) is 0 Å². The molecule has 0 aliphatic heterocycles. The van der Waals surface area contributed by atoms with Gasteiger partial charge in [-0.2, -0.15) is 13.2 Å². The molecule has 0 aliphatic carbocycles. The van der Waals surface area contributed by atoms with Gasteiger partial charge in [-0.1, -0.05) is 60.7 Å². The number of aliphatic hydroxyl groups excluding tert-OH is 1. The van der Waals surface area contributed by atoms with Crippen LogP contribution in [0.4, 0.5) is 13.2 Å². The molecule has 4 nitrogen and oxygen atoms in total. The minimum Gasteiger partial charge on any atom is -0.388 e. The zero-order valence-electron chi connectivity index (χ0n) is 15.1. The number of aliphatic hydroxyl groups is 1. The number of rotatable bonds is 4. The molecular formula is C22H16F3N3O. The molecule has 0 aliphatic rings. The zero-order chi connectivity index (χ0) is 20.4. The van der Waals surface area contributed by atoms with Crippen LogP contribution in [0, 0.1) is 0 Å². The van der Waals surface area contributed by atoms with Gasteiger partial charge in [0, 0.05) is 5.56 Å². The second kappa shape index (κ2) is 7.52. The first-order chi connectivity index (χ1) is 14.0. The van der Waals surface area contributed by atoms with Crippen LogP contribution in [0.1, 0.15) is 11.4 Å². The molecule has 0 saturated carbocycles. The highest BCUT2D eigenvalue weighted by molar-refractivity contribution is 5.67. The number of nitrogens with zero attached hydrogens (tertiary/aromatic N) is 3. The molecule has 1 aromatic heterocycles. The normalized spacial score (nSPS) is 11.6. The van der Waals surface area contributed by atoms with Crippen LogP contribution in [0.3, 0.4) is 0 Å². The van der Waals surface area contributed by atoms with Crippen molar-refractivity contribution in [3.05, 3.63) is 90.3 Å². The Labute approximate surface area is 164 Å². The van der Waals surface area contributed by atoms with E-state index in [9.17, 15) is 18.3 Å². The van der Waals surface area contributed by atoms with Crippen LogP contribution in [-0.2, 0) is 12.8 Å². The van der Waals surface area contributed by atoms with Gasteiger partial charge in [0.2, 0.25) is 0 Å². The summed E-state index contributed by atoms with van der Waals surface area (Å²) in [6.07, 6.45) is -4.47. The van der Waals surface area contributed by atoms with Crippen molar-refractivity contribution in [2.75, 3.05) is 0 Å². The van der Waals surface area contributed by atoms with Crippen molar-refractivity contribution in [3.63, 3.8) is 0 Å². The van der Waals surface area contributed by atoms with Crippen LogP contribution in [0.25, 0.3) is 28.2 Å². The first kappa shape index (κ1) is 18.9. The largest absolute Gasteiger partial charge is 0.416 e. The summed E-state index contributed by atoms with van der Waals surface area (Å²) in [6.45, 7) is -0.453. The molecule has 3 aromatic carbocycles. The van der Waals surface area contributed by atoms with E-state index >= 15 is 0 Å². The van der Waals surface area contributed by atoms with Crippen LogP contribution in [0.5, 0.6) is 0 Å². The zero-order valence-corrected chi connectivity index (χ0v) is 15.1. The molecule has 4 rings (SSSR count). The third-order valence-electron chi connectivity index (χ3n) is 4.48. The summed E-state index contributed by atoms with van der Waals surface area (Å²) in [7, 11) is 0. The Morgan fingerprint density at radius 2 is 1.45 bits per heavy atom. The van der Waals surface area contributed by atoms with Crippen molar-refractivity contribution >= 4 is 0 Å². The summed E-state index contributed by atoms with van der Waals surface area (Å²) < 4.78 is 40.3. The van der Waals surface area contributed by atoms with Gasteiger partial charge in [0.15, 0.2) is 11.6 Å². The highest BCUT2D eigenvalue weighted by atomic mass is 19.4. The van der Waals surface area contributed by atoms with Crippen LogP contribution >= 0.6 is 0 Å². The van der Waals surface area contributed by atoms with Crippen molar-refractivity contribution in [2.45, 2.75) is 12.8 Å². The molecule has 1 N–H and O–H groups in total. The van der Waals surface area contributed by atoms with Crippen LogP contribution in [-0.4, -0.2) is 19.9 Å². The molecule has 0 atom stereocenters. The summed E-state index contributed by atoms with van der Waals surface area (Å²) in [5.74, 6) is 0.484. The molecule has 4 aromatic rings. The number of alkyl halides is 3. The van der Waals surface area contributed by atoms with Crippen LogP contribution < -0.4 is 0 Å². The topological polar surface area (TPSA) is 50.9 Å². The summed E-state index contributed by atoms with van der Waals surface area (Å²) in [4.78, 5) is 4.29. The van der Waals surface area contributed by atoms with Crippen molar-refractivity contribution < 1.29 is 18.3 Å². The van der Waals surface area contributed by atoms with Crippen LogP contribution in [0.15, 0.2) is 78.9 Å². The Balaban J connectivity index is 1.70. The van der Waals surface area contributed by atoms with Crippen molar-refractivity contribution in [3.8, 4) is 28.2 Å². The number of benzene rings is 3. The third-order valence-corrected chi connectivity index (χ3v) is 4.48. The molecule has 0 amide bonds. The number of hydrogen-bond acceptors (Lipinski definition) is 3. The summed E-state index contributed by atoms with van der Waals surface area (Å²) in [6, 6.07) is 22.1. The van der Waals surface area contributed by atoms with E-state index in [0.29, 0.717) is 11.4 Å². The maximum Gasteiger partial charge on any atom is 0.416 e. The Bertz CT molecular complexity index is 1120. The first-order valence-electron chi connectivity index (χ1n) is 8.86. The fourth-order valence-corrected chi connectivity index (χ4v) is 3.03. The van der Waals surface area contributed by atoms with Gasteiger partial charge in [-0.25, -0.2) is 9.67 Å². The van der Waals surface area contributed by atoms with Gasteiger partial charge >= 0.3 is 6.18 Å². The first-order valence-corrected chi connectivity index (χ1v) is 8.86. The smallest absolute Gasteiger partial charge is 0.388 e. The van der Waals surface area contributed by atoms with Gasteiger partial charge in [-0.05, 0) is 29.3 Å². The lowest BCUT2D eigenvalue weighted by Gasteiger charge is -2.09. The highest BCUT2D eigenvalue weighted by Crippen LogP contribution is 2.31. The van der Waals surface area contributed by atoms with E-state index in [1.807, 2.05) is 54.6 Å². The maximum atomic E-state index is 13.0. The van der Waals surface area contributed by atoms with E-state index in [-0.39, 0.29) is 11.5 Å². The summed E-state index contributed by atoms with van der Waals surface area (Å²) >= 11 is 0. The average molecular weight is 395 g/mol. The molecule has 0 radical (unpaired) electrons. The van der Waals surface area contributed by atoms with Gasteiger partial charge in [0.1, 0.15) is 6.61 Å². The molecule has 146 valence electrons. The van der Waals surface area contributed by atoms with Gasteiger partial charge in [0.25, 0.3) is 0 Å². The Morgan fingerprint density at radius 3 is 2.10 bits per heavy atom. The third kappa shape index (κ3) is 3.90. The molecule has 0 bridgehead atoms. The minimum absolute atomic E-state index is 0.159. The second-order valence-corrected chi connectivity index (χ2v) is 6.41. The molecule has 29 heavy (non-hydrogen) atoms. The molecular weight excluding hydrogens is 379 g/mol. The standard InChI is InChI=1S/C22H16F3N3O/c23-22(24,25)18-7-4-8-19(13-18)28-20(14-29)26-21(27-28)17-11-9-16(10-12-17)15-5-2-1-3-6-15/h1-13,29H,14H2. The lowest BCUT2D eigenvalue weighted by Crippen LogP contribution is -2.08. The fraction of sp³-hybridized carbons (Fsp3) is 0.0909. The van der Waals surface area contributed by atoms with E-state index < -0.39 is 18.3 Å². The van der Waals surface area contributed by atoms with E-state index in [1.165, 1.54) is 16.8 Å². The lowest BCUT2D eigenvalue weighted by molar-refractivity contribution is -0.137. The Hall–Kier alpha value is -3.45. The molecule has 0 unspecified atom stereocenters. The fourth-order valence-electron chi connectivity index (χ4n) is 3.03. The molecule has 0 saturated heterocycles. The summed E-state index contributed by atoms with van der Waals surface area (Å²) in [5, 5.41) is 13.9. The minimum atomic E-state index is -4.47. The van der Waals surface area contributed by atoms with Gasteiger partial charge < -0.3 is 5.11 Å². The van der Waals surface area contributed by atoms with E-state index in [1.54, 1.807) is 0 Å². The lowest BCUT2D eigenvalue weighted by atomic mass is 10.0. The average Bonchev–Trinajstić information content (AvgIpc) is 3.18. The van der Waals surface area contributed by atoms with Crippen molar-refractivity contribution in [2.24, 2.45) is 0 Å². The van der Waals surface area contributed by atoms with Crippen LogP contribution in [0.2, 0.25) is 0 Å². The monoisotopic (exact) mass is 395 g/mol. The molecule has 0 spiro atoms. The quantitative estimate of drug-likeness (QED) is 0.522. The van der Waals surface area contributed by atoms with Gasteiger partial charge in [0.05, 0.1) is 11.3 Å². The number of aromatic nitrogens is 3. The van der Waals surface area contributed by atoms with E-state index in [2.05, 4.69) is 10.1 Å². The Kier molecular flexibility index (Phi) is 4.90. The summed E-state index contributed by atoms with van der Waals surface area (Å²) in [5.41, 5.74) is 2.18. The molecule has 0 fully saturated rings. The number of halogens is 3. The van der Waals surface area contributed by atoms with E-state index in [4.69, 9.17) is 0 Å². The SMILES string of the molecule is OCc1nc(-c2ccc(-c3ccccc3)cc2)nn1-c1cccc(C(F)(F)F)c1. The number of hydrogen-bond donors (Lipinski definition) is 1. The second-order valence-electron chi connectivity index (χ2n) is 6.41. The Morgan fingerprint density at radius 1 is 0.793 bits per heavy atom. The molecule has 1 heterocycles. The predicted octanol–water partition coefficient (Wildman–Crippen LogP) is 5.11. The highest BCUT2D eigenvalue weighted by Gasteiger charge is 2.30. The maximum absolute atomic E-state index is 13.0. The van der Waals surface area contributed by atoms with Gasteiger partial charge in [-0.15, -0.1) is 5.10 Å². The van der Waals surface area contributed by atoms with Crippen molar-refractivity contribution in [1.82, 2.24) is 14.8 Å².